The van der Waals surface area contributed by atoms with Gasteiger partial charge in [-0.05, 0) is 41.2 Å². The van der Waals surface area contributed by atoms with Crippen molar-refractivity contribution in [1.82, 2.24) is 5.32 Å². The molecule has 1 N–H and O–H groups in total. The minimum atomic E-state index is 0.0579. The van der Waals surface area contributed by atoms with Gasteiger partial charge in [-0.15, -0.1) is 0 Å². The molecule has 3 aromatic carbocycles. The monoisotopic (exact) mass is 359 g/mol. The van der Waals surface area contributed by atoms with Crippen LogP contribution in [0.5, 0.6) is 5.75 Å². The van der Waals surface area contributed by atoms with Gasteiger partial charge in [-0.25, -0.2) is 0 Å². The zero-order chi connectivity index (χ0) is 18.9. The van der Waals surface area contributed by atoms with E-state index in [2.05, 4.69) is 35.6 Å². The lowest BCUT2D eigenvalue weighted by atomic mass is 10.0. The van der Waals surface area contributed by atoms with Gasteiger partial charge in [-0.1, -0.05) is 72.8 Å². The van der Waals surface area contributed by atoms with Crippen LogP contribution < -0.4 is 10.1 Å². The lowest BCUT2D eigenvalue weighted by Gasteiger charge is -2.09. The fourth-order valence-electron chi connectivity index (χ4n) is 3.11. The van der Waals surface area contributed by atoms with Crippen molar-refractivity contribution < 1.29 is 9.53 Å². The van der Waals surface area contributed by atoms with Gasteiger partial charge in [0.2, 0.25) is 5.91 Å². The first kappa shape index (κ1) is 18.7. The first-order valence-corrected chi connectivity index (χ1v) is 9.29. The molecule has 0 spiro atoms. The van der Waals surface area contributed by atoms with Gasteiger partial charge in [0.05, 0.1) is 13.5 Å². The fraction of sp³-hybridized carbons (Fsp3) is 0.208. The van der Waals surface area contributed by atoms with E-state index >= 15 is 0 Å². The van der Waals surface area contributed by atoms with Crippen LogP contribution in [-0.2, 0) is 17.6 Å². The molecule has 3 aromatic rings. The molecule has 0 aliphatic carbocycles. The van der Waals surface area contributed by atoms with Gasteiger partial charge in [0.25, 0.3) is 0 Å². The van der Waals surface area contributed by atoms with Crippen molar-refractivity contribution in [2.75, 3.05) is 13.7 Å². The summed E-state index contributed by atoms with van der Waals surface area (Å²) in [7, 11) is 1.68. The molecule has 0 bridgehead atoms. The van der Waals surface area contributed by atoms with Crippen LogP contribution in [0.3, 0.4) is 0 Å². The third-order valence-electron chi connectivity index (χ3n) is 4.56. The molecule has 3 nitrogen and oxygen atoms in total. The van der Waals surface area contributed by atoms with Crippen molar-refractivity contribution in [2.24, 2.45) is 0 Å². The zero-order valence-corrected chi connectivity index (χ0v) is 15.7. The van der Waals surface area contributed by atoms with Gasteiger partial charge in [0.15, 0.2) is 0 Å². The molecule has 0 aliphatic heterocycles. The summed E-state index contributed by atoms with van der Waals surface area (Å²) >= 11 is 0. The van der Waals surface area contributed by atoms with Crippen molar-refractivity contribution in [3.63, 3.8) is 0 Å². The molecule has 0 saturated carbocycles. The van der Waals surface area contributed by atoms with Crippen molar-refractivity contribution in [3.8, 4) is 16.9 Å². The van der Waals surface area contributed by atoms with Crippen molar-refractivity contribution in [1.29, 1.82) is 0 Å². The minimum Gasteiger partial charge on any atom is -0.496 e. The highest BCUT2D eigenvalue weighted by Crippen LogP contribution is 2.20. The van der Waals surface area contributed by atoms with E-state index < -0.39 is 0 Å². The molecular formula is C24H25NO2. The molecule has 0 aliphatic rings. The molecule has 0 aromatic heterocycles. The highest BCUT2D eigenvalue weighted by atomic mass is 16.5. The molecule has 0 fully saturated rings. The predicted molar refractivity (Wildman–Crippen MR) is 110 cm³/mol. The van der Waals surface area contributed by atoms with Crippen LogP contribution >= 0.6 is 0 Å². The first-order chi connectivity index (χ1) is 13.3. The Morgan fingerprint density at radius 2 is 1.52 bits per heavy atom. The Morgan fingerprint density at radius 3 is 2.26 bits per heavy atom. The van der Waals surface area contributed by atoms with Crippen LogP contribution in [0.2, 0.25) is 0 Å². The maximum Gasteiger partial charge on any atom is 0.224 e. The molecule has 27 heavy (non-hydrogen) atoms. The summed E-state index contributed by atoms with van der Waals surface area (Å²) in [5, 5.41) is 3.01. The predicted octanol–water partition coefficient (Wildman–Crippen LogP) is 4.65. The summed E-state index contributed by atoms with van der Waals surface area (Å²) in [5.41, 5.74) is 4.55. The zero-order valence-electron chi connectivity index (χ0n) is 15.7. The average molecular weight is 359 g/mol. The Bertz CT molecular complexity index is 857. The third-order valence-corrected chi connectivity index (χ3v) is 4.56. The normalized spacial score (nSPS) is 10.4. The summed E-state index contributed by atoms with van der Waals surface area (Å²) in [4.78, 5) is 12.2. The number of methoxy groups -OCH3 is 1. The number of para-hydroxylation sites is 1. The van der Waals surface area contributed by atoms with Crippen molar-refractivity contribution >= 4 is 5.91 Å². The molecule has 0 unspecified atom stereocenters. The van der Waals surface area contributed by atoms with E-state index in [1.165, 1.54) is 11.1 Å². The Hall–Kier alpha value is -3.07. The van der Waals surface area contributed by atoms with E-state index in [0.717, 1.165) is 29.7 Å². The summed E-state index contributed by atoms with van der Waals surface area (Å²) in [6.45, 7) is 0.666. The van der Waals surface area contributed by atoms with Gasteiger partial charge in [0, 0.05) is 6.54 Å². The molecule has 3 heteroatoms. The van der Waals surface area contributed by atoms with Crippen molar-refractivity contribution in [2.45, 2.75) is 19.3 Å². The highest BCUT2D eigenvalue weighted by molar-refractivity contribution is 5.78. The lowest BCUT2D eigenvalue weighted by Crippen LogP contribution is -2.26. The molecule has 1 amide bonds. The van der Waals surface area contributed by atoms with Gasteiger partial charge >= 0.3 is 0 Å². The number of ether oxygens (including phenoxy) is 1. The highest BCUT2D eigenvalue weighted by Gasteiger charge is 2.05. The molecular weight excluding hydrogens is 334 g/mol. The molecule has 138 valence electrons. The summed E-state index contributed by atoms with van der Waals surface area (Å²) in [5.74, 6) is 0.963. The van der Waals surface area contributed by atoms with E-state index in [9.17, 15) is 4.79 Å². The van der Waals surface area contributed by atoms with Crippen LogP contribution in [-0.4, -0.2) is 19.6 Å². The first-order valence-electron chi connectivity index (χ1n) is 9.29. The largest absolute Gasteiger partial charge is 0.496 e. The van der Waals surface area contributed by atoms with E-state index in [-0.39, 0.29) is 5.91 Å². The van der Waals surface area contributed by atoms with Crippen LogP contribution in [0.4, 0.5) is 0 Å². The summed E-state index contributed by atoms with van der Waals surface area (Å²) in [6.07, 6.45) is 2.18. The quantitative estimate of drug-likeness (QED) is 0.594. The number of benzene rings is 3. The fourth-order valence-corrected chi connectivity index (χ4v) is 3.11. The minimum absolute atomic E-state index is 0.0579. The van der Waals surface area contributed by atoms with Crippen LogP contribution in [0.25, 0.3) is 11.1 Å². The second-order valence-electron chi connectivity index (χ2n) is 6.51. The second kappa shape index (κ2) is 9.58. The number of hydrogen-bond acceptors (Lipinski definition) is 2. The average Bonchev–Trinajstić information content (AvgIpc) is 2.73. The second-order valence-corrected chi connectivity index (χ2v) is 6.51. The lowest BCUT2D eigenvalue weighted by molar-refractivity contribution is -0.120. The number of amides is 1. The standard InChI is InChI=1S/C24H25NO2/c1-27-23-12-6-5-10-22(23)11-7-17-25-24(26)18-19-13-15-21(16-14-19)20-8-3-2-4-9-20/h2-6,8-10,12-16H,7,11,17-18H2,1H3,(H,25,26). The number of rotatable bonds is 8. The molecule has 3 rings (SSSR count). The molecule has 0 saturated heterocycles. The van der Waals surface area contributed by atoms with E-state index in [1.807, 2.05) is 48.5 Å². The molecule has 0 atom stereocenters. The maximum absolute atomic E-state index is 12.2. The van der Waals surface area contributed by atoms with Crippen molar-refractivity contribution in [3.05, 3.63) is 90.0 Å². The van der Waals surface area contributed by atoms with E-state index in [1.54, 1.807) is 7.11 Å². The Morgan fingerprint density at radius 1 is 0.852 bits per heavy atom. The van der Waals surface area contributed by atoms with Crippen LogP contribution in [0.15, 0.2) is 78.9 Å². The van der Waals surface area contributed by atoms with Gasteiger partial charge in [-0.3, -0.25) is 4.79 Å². The maximum atomic E-state index is 12.2. The Balaban J connectivity index is 1.44. The smallest absolute Gasteiger partial charge is 0.224 e. The van der Waals surface area contributed by atoms with Crippen LogP contribution in [0.1, 0.15) is 17.5 Å². The Kier molecular flexibility index (Phi) is 6.64. The topological polar surface area (TPSA) is 38.3 Å². The SMILES string of the molecule is COc1ccccc1CCCNC(=O)Cc1ccc(-c2ccccc2)cc1. The number of carbonyl (C=O) groups is 1. The molecule has 0 heterocycles. The third kappa shape index (κ3) is 5.45. The summed E-state index contributed by atoms with van der Waals surface area (Å²) in [6, 6.07) is 26.4. The van der Waals surface area contributed by atoms with Gasteiger partial charge < -0.3 is 10.1 Å². The summed E-state index contributed by atoms with van der Waals surface area (Å²) < 4.78 is 5.36. The Labute approximate surface area is 161 Å². The number of carbonyl (C=O) groups excluding carboxylic acids is 1. The number of aryl methyl sites for hydroxylation is 1. The van der Waals surface area contributed by atoms with E-state index in [4.69, 9.17) is 4.74 Å². The number of hydrogen-bond donors (Lipinski definition) is 1. The van der Waals surface area contributed by atoms with Crippen LogP contribution in [0, 0.1) is 0 Å². The number of nitrogens with one attached hydrogen (secondary N) is 1. The van der Waals surface area contributed by atoms with E-state index in [0.29, 0.717) is 13.0 Å². The van der Waals surface area contributed by atoms with Gasteiger partial charge in [-0.2, -0.15) is 0 Å². The molecule has 0 radical (unpaired) electrons. The van der Waals surface area contributed by atoms with Gasteiger partial charge in [0.1, 0.15) is 5.75 Å².